The van der Waals surface area contributed by atoms with Gasteiger partial charge in [-0.25, -0.2) is 5.48 Å². The Labute approximate surface area is 117 Å². The third kappa shape index (κ3) is 2.82. The second kappa shape index (κ2) is 5.63. The Bertz CT molecular complexity index is 536. The summed E-state index contributed by atoms with van der Waals surface area (Å²) in [5.74, 6) is -0.198. The Kier molecular flexibility index (Phi) is 3.69. The number of anilines is 1. The summed E-state index contributed by atoms with van der Waals surface area (Å²) in [5, 5.41) is 2.80. The topological polar surface area (TPSA) is 67.4 Å². The Balaban J connectivity index is 1.64. The number of amides is 2. The van der Waals surface area contributed by atoms with Crippen LogP contribution in [0.3, 0.4) is 0 Å². The van der Waals surface area contributed by atoms with Crippen LogP contribution in [0, 0.1) is 0 Å². The van der Waals surface area contributed by atoms with Crippen LogP contribution in [0.15, 0.2) is 18.2 Å². The predicted molar refractivity (Wildman–Crippen MR) is 74.2 cm³/mol. The third-order valence-electron chi connectivity index (χ3n) is 3.88. The molecule has 1 fully saturated rings. The van der Waals surface area contributed by atoms with Crippen LogP contribution in [0.4, 0.5) is 5.69 Å². The van der Waals surface area contributed by atoms with Crippen molar-refractivity contribution in [3.05, 3.63) is 29.3 Å². The molecule has 0 aromatic heterocycles. The minimum Gasteiger partial charge on any atom is -0.326 e. The molecule has 0 spiro atoms. The van der Waals surface area contributed by atoms with Gasteiger partial charge in [-0.15, -0.1) is 0 Å². The van der Waals surface area contributed by atoms with Crippen molar-refractivity contribution in [2.24, 2.45) is 0 Å². The minimum absolute atomic E-state index is 0.0271. The number of rotatable bonds is 3. The molecule has 1 aliphatic heterocycles. The monoisotopic (exact) mass is 274 g/mol. The molecular formula is C15H18N2O3. The van der Waals surface area contributed by atoms with E-state index in [0.29, 0.717) is 18.4 Å². The largest absolute Gasteiger partial charge is 0.326 e. The average molecular weight is 274 g/mol. The van der Waals surface area contributed by atoms with E-state index < -0.39 is 0 Å². The first-order valence-corrected chi connectivity index (χ1v) is 7.11. The average Bonchev–Trinajstić information content (AvgIpc) is 2.97. The highest BCUT2D eigenvalue weighted by atomic mass is 16.7. The highest BCUT2D eigenvalue weighted by Gasteiger charge is 2.19. The summed E-state index contributed by atoms with van der Waals surface area (Å²) in [6, 6.07) is 5.30. The van der Waals surface area contributed by atoms with Gasteiger partial charge in [0, 0.05) is 17.7 Å². The molecule has 3 rings (SSSR count). The number of carbonyl (C=O) groups excluding carboxylic acids is 2. The first-order valence-electron chi connectivity index (χ1n) is 7.11. The van der Waals surface area contributed by atoms with Crippen LogP contribution < -0.4 is 10.8 Å². The lowest BCUT2D eigenvalue weighted by molar-refractivity contribution is -0.116. The summed E-state index contributed by atoms with van der Waals surface area (Å²) in [5.41, 5.74) is 4.90. The number of hydrogen-bond acceptors (Lipinski definition) is 3. The van der Waals surface area contributed by atoms with Gasteiger partial charge in [-0.3, -0.25) is 14.4 Å². The van der Waals surface area contributed by atoms with Crippen LogP contribution in [0.2, 0.25) is 0 Å². The van der Waals surface area contributed by atoms with Crippen molar-refractivity contribution in [3.8, 4) is 0 Å². The van der Waals surface area contributed by atoms with Crippen molar-refractivity contribution in [1.82, 2.24) is 5.48 Å². The van der Waals surface area contributed by atoms with Crippen LogP contribution in [-0.4, -0.2) is 17.9 Å². The second-order valence-corrected chi connectivity index (χ2v) is 5.38. The van der Waals surface area contributed by atoms with E-state index in [1.165, 1.54) is 12.8 Å². The molecular weight excluding hydrogens is 256 g/mol. The van der Waals surface area contributed by atoms with Crippen LogP contribution in [-0.2, 0) is 16.1 Å². The number of fused-ring (bicyclic) bond motifs is 1. The maximum absolute atomic E-state index is 12.0. The fraction of sp³-hybridized carbons (Fsp3) is 0.467. The number of nitrogens with one attached hydrogen (secondary N) is 2. The number of hydrogen-bond donors (Lipinski definition) is 2. The molecule has 1 heterocycles. The molecule has 2 N–H and O–H groups in total. The molecule has 1 aromatic carbocycles. The van der Waals surface area contributed by atoms with Gasteiger partial charge in [-0.2, -0.15) is 0 Å². The van der Waals surface area contributed by atoms with E-state index >= 15 is 0 Å². The zero-order valence-electron chi connectivity index (χ0n) is 11.3. The summed E-state index contributed by atoms with van der Waals surface area (Å²) < 4.78 is 0. The maximum Gasteiger partial charge on any atom is 0.274 e. The van der Waals surface area contributed by atoms with Crippen molar-refractivity contribution in [1.29, 1.82) is 0 Å². The lowest BCUT2D eigenvalue weighted by Crippen LogP contribution is -2.28. The molecule has 0 saturated heterocycles. The van der Waals surface area contributed by atoms with Gasteiger partial charge in [0.15, 0.2) is 0 Å². The van der Waals surface area contributed by atoms with Crippen molar-refractivity contribution in [3.63, 3.8) is 0 Å². The van der Waals surface area contributed by atoms with Crippen LogP contribution >= 0.6 is 0 Å². The number of hydroxylamine groups is 1. The van der Waals surface area contributed by atoms with Crippen LogP contribution in [0.1, 0.15) is 48.0 Å². The van der Waals surface area contributed by atoms with Gasteiger partial charge in [0.25, 0.3) is 5.91 Å². The van der Waals surface area contributed by atoms with E-state index in [1.807, 2.05) is 6.07 Å². The fourth-order valence-corrected chi connectivity index (χ4v) is 2.73. The molecule has 1 aliphatic carbocycles. The highest BCUT2D eigenvalue weighted by Crippen LogP contribution is 2.24. The standard InChI is InChI=1S/C15H18N2O3/c18-14-8-6-10-9-11(5-7-13(10)16-14)15(19)17-20-12-3-1-2-4-12/h5,7,9,12H,1-4,6,8H2,(H,16,18)(H,17,19). The smallest absolute Gasteiger partial charge is 0.274 e. The lowest BCUT2D eigenvalue weighted by atomic mass is 10.0. The van der Waals surface area contributed by atoms with E-state index in [0.717, 1.165) is 24.1 Å². The molecule has 106 valence electrons. The lowest BCUT2D eigenvalue weighted by Gasteiger charge is -2.17. The molecule has 5 heteroatoms. The molecule has 2 aliphatic rings. The van der Waals surface area contributed by atoms with E-state index in [1.54, 1.807) is 12.1 Å². The molecule has 0 unspecified atom stereocenters. The van der Waals surface area contributed by atoms with E-state index in [4.69, 9.17) is 4.84 Å². The molecule has 5 nitrogen and oxygen atoms in total. The third-order valence-corrected chi connectivity index (χ3v) is 3.88. The Morgan fingerprint density at radius 3 is 2.85 bits per heavy atom. The molecule has 0 atom stereocenters. The van der Waals surface area contributed by atoms with Crippen LogP contribution in [0.25, 0.3) is 0 Å². The fourth-order valence-electron chi connectivity index (χ4n) is 2.73. The summed E-state index contributed by atoms with van der Waals surface area (Å²) in [4.78, 5) is 28.7. The normalized spacial score (nSPS) is 18.5. The van der Waals surface area contributed by atoms with Crippen molar-refractivity contribution >= 4 is 17.5 Å². The first-order chi connectivity index (χ1) is 9.72. The van der Waals surface area contributed by atoms with Gasteiger partial charge >= 0.3 is 0 Å². The molecule has 2 amide bonds. The zero-order chi connectivity index (χ0) is 13.9. The van der Waals surface area contributed by atoms with Gasteiger partial charge in [0.2, 0.25) is 5.91 Å². The molecule has 1 aromatic rings. The maximum atomic E-state index is 12.0. The van der Waals surface area contributed by atoms with E-state index in [-0.39, 0.29) is 17.9 Å². The van der Waals surface area contributed by atoms with Gasteiger partial charge < -0.3 is 5.32 Å². The van der Waals surface area contributed by atoms with Gasteiger partial charge in [-0.1, -0.05) is 12.8 Å². The SMILES string of the molecule is O=C1CCc2cc(C(=O)NOC3CCCC3)ccc2N1. The molecule has 1 saturated carbocycles. The van der Waals surface area contributed by atoms with Gasteiger partial charge in [0.1, 0.15) is 0 Å². The first kappa shape index (κ1) is 13.1. The molecule has 20 heavy (non-hydrogen) atoms. The molecule has 0 bridgehead atoms. The number of benzene rings is 1. The number of aryl methyl sites for hydroxylation is 1. The summed E-state index contributed by atoms with van der Waals surface area (Å²) in [6.45, 7) is 0. The Hall–Kier alpha value is -1.88. The second-order valence-electron chi connectivity index (χ2n) is 5.38. The van der Waals surface area contributed by atoms with E-state index in [9.17, 15) is 9.59 Å². The van der Waals surface area contributed by atoms with Crippen molar-refractivity contribution in [2.45, 2.75) is 44.6 Å². The summed E-state index contributed by atoms with van der Waals surface area (Å²) in [7, 11) is 0. The van der Waals surface area contributed by atoms with Gasteiger partial charge in [0.05, 0.1) is 6.10 Å². The van der Waals surface area contributed by atoms with E-state index in [2.05, 4.69) is 10.8 Å². The van der Waals surface area contributed by atoms with Crippen molar-refractivity contribution in [2.75, 3.05) is 5.32 Å². The van der Waals surface area contributed by atoms with Crippen LogP contribution in [0.5, 0.6) is 0 Å². The Morgan fingerprint density at radius 1 is 1.25 bits per heavy atom. The zero-order valence-corrected chi connectivity index (χ0v) is 11.3. The summed E-state index contributed by atoms with van der Waals surface area (Å²) in [6.07, 6.45) is 5.64. The highest BCUT2D eigenvalue weighted by molar-refractivity contribution is 5.97. The quantitative estimate of drug-likeness (QED) is 0.830. The van der Waals surface area contributed by atoms with Crippen molar-refractivity contribution < 1.29 is 14.4 Å². The Morgan fingerprint density at radius 2 is 2.05 bits per heavy atom. The van der Waals surface area contributed by atoms with Gasteiger partial charge in [-0.05, 0) is 43.0 Å². The summed E-state index contributed by atoms with van der Waals surface area (Å²) >= 11 is 0. The predicted octanol–water partition coefficient (Wildman–Crippen LogP) is 2.18. The molecule has 0 radical (unpaired) electrons. The number of carbonyl (C=O) groups is 2. The minimum atomic E-state index is -0.225.